The van der Waals surface area contributed by atoms with Gasteiger partial charge in [-0.25, -0.2) is 9.37 Å². The number of halogens is 2. The summed E-state index contributed by atoms with van der Waals surface area (Å²) in [5, 5.41) is 9.51. The average molecular weight is 367 g/mol. The van der Waals surface area contributed by atoms with Crippen LogP contribution in [0.4, 0.5) is 10.2 Å². The zero-order valence-corrected chi connectivity index (χ0v) is 14.7. The molecule has 26 heavy (non-hydrogen) atoms. The van der Waals surface area contributed by atoms with Gasteiger partial charge in [0.15, 0.2) is 5.69 Å². The van der Waals surface area contributed by atoms with E-state index in [4.69, 9.17) is 11.6 Å². The van der Waals surface area contributed by atoms with Gasteiger partial charge in [-0.05, 0) is 42.0 Å². The molecule has 0 aliphatic carbocycles. The molecule has 0 unspecified atom stereocenters. The maximum Gasteiger partial charge on any atom is 0.161 e. The number of benzene rings is 1. The summed E-state index contributed by atoms with van der Waals surface area (Å²) in [5.74, 6) is 0.372. The first-order valence-corrected chi connectivity index (χ1v) is 8.49. The average Bonchev–Trinajstić information content (AvgIpc) is 2.68. The highest BCUT2D eigenvalue weighted by atomic mass is 35.5. The summed E-state index contributed by atoms with van der Waals surface area (Å²) in [6.07, 6.45) is 2.47. The minimum absolute atomic E-state index is 0.186. The van der Waals surface area contributed by atoms with Crippen LogP contribution < -0.4 is 4.90 Å². The van der Waals surface area contributed by atoms with Crippen LogP contribution in [0, 0.1) is 17.1 Å². The van der Waals surface area contributed by atoms with Crippen LogP contribution in [0.15, 0.2) is 60.8 Å². The van der Waals surface area contributed by atoms with Gasteiger partial charge in [0.2, 0.25) is 0 Å². The van der Waals surface area contributed by atoms with Crippen molar-refractivity contribution >= 4 is 17.4 Å². The van der Waals surface area contributed by atoms with E-state index in [2.05, 4.69) is 9.97 Å². The molecule has 2 aromatic heterocycles. The Hall–Kier alpha value is -2.97. The van der Waals surface area contributed by atoms with Gasteiger partial charge in [-0.15, -0.1) is 0 Å². The molecule has 0 spiro atoms. The Balaban J connectivity index is 1.85. The molecule has 0 saturated heterocycles. The SMILES string of the molecule is N#Cc1nc(N(CCc2ccccn2)Cc2ccc(F)cc2)ccc1Cl. The molecule has 4 nitrogen and oxygen atoms in total. The van der Waals surface area contributed by atoms with Crippen molar-refractivity contribution in [2.75, 3.05) is 11.4 Å². The van der Waals surface area contributed by atoms with Crippen LogP contribution in [0.2, 0.25) is 5.02 Å². The Kier molecular flexibility index (Phi) is 5.77. The van der Waals surface area contributed by atoms with E-state index in [1.54, 1.807) is 30.5 Å². The van der Waals surface area contributed by atoms with E-state index in [0.717, 1.165) is 11.3 Å². The molecule has 0 radical (unpaired) electrons. The van der Waals surface area contributed by atoms with Crippen LogP contribution in [0.25, 0.3) is 0 Å². The number of anilines is 1. The van der Waals surface area contributed by atoms with Gasteiger partial charge in [0.1, 0.15) is 17.7 Å². The summed E-state index contributed by atoms with van der Waals surface area (Å²) in [4.78, 5) is 10.7. The summed E-state index contributed by atoms with van der Waals surface area (Å²) in [6.45, 7) is 1.18. The second kappa shape index (κ2) is 8.41. The molecule has 0 aliphatic heterocycles. The standard InChI is InChI=1S/C20H16ClFN4/c21-18-8-9-20(25-19(18)13-23)26(12-10-17-3-1-2-11-24-17)14-15-4-6-16(22)7-5-15/h1-9,11H,10,12,14H2. The molecule has 0 fully saturated rings. The monoisotopic (exact) mass is 366 g/mol. The Bertz CT molecular complexity index is 907. The topological polar surface area (TPSA) is 52.8 Å². The van der Waals surface area contributed by atoms with Crippen LogP contribution >= 0.6 is 11.6 Å². The summed E-state index contributed by atoms with van der Waals surface area (Å²) < 4.78 is 13.2. The molecular formula is C20H16ClFN4. The van der Waals surface area contributed by atoms with Gasteiger partial charge in [-0.1, -0.05) is 29.8 Å². The van der Waals surface area contributed by atoms with E-state index >= 15 is 0 Å². The normalized spacial score (nSPS) is 10.3. The van der Waals surface area contributed by atoms with Crippen molar-refractivity contribution in [2.45, 2.75) is 13.0 Å². The summed E-state index contributed by atoms with van der Waals surface area (Å²) >= 11 is 6.00. The third-order valence-corrected chi connectivity index (χ3v) is 4.22. The lowest BCUT2D eigenvalue weighted by molar-refractivity contribution is 0.626. The van der Waals surface area contributed by atoms with E-state index in [1.807, 2.05) is 29.2 Å². The summed E-state index contributed by atoms with van der Waals surface area (Å²) in [6, 6.07) is 17.6. The second-order valence-corrected chi connectivity index (χ2v) is 6.14. The third-order valence-electron chi connectivity index (χ3n) is 3.91. The summed E-state index contributed by atoms with van der Waals surface area (Å²) in [7, 11) is 0. The lowest BCUT2D eigenvalue weighted by atomic mass is 10.2. The van der Waals surface area contributed by atoms with Crippen LogP contribution in [0.1, 0.15) is 17.0 Å². The fraction of sp³-hybridized carbons (Fsp3) is 0.150. The molecule has 3 aromatic rings. The molecule has 0 N–H and O–H groups in total. The lowest BCUT2D eigenvalue weighted by Gasteiger charge is -2.24. The maximum atomic E-state index is 13.2. The number of rotatable bonds is 6. The second-order valence-electron chi connectivity index (χ2n) is 5.73. The number of aromatic nitrogens is 2. The highest BCUT2D eigenvalue weighted by Crippen LogP contribution is 2.21. The van der Waals surface area contributed by atoms with Gasteiger partial charge in [0.05, 0.1) is 5.02 Å². The predicted molar refractivity (Wildman–Crippen MR) is 99.4 cm³/mol. The Morgan fingerprint density at radius 3 is 2.58 bits per heavy atom. The fourth-order valence-electron chi connectivity index (χ4n) is 2.57. The van der Waals surface area contributed by atoms with Crippen LogP contribution in [0.3, 0.4) is 0 Å². The van der Waals surface area contributed by atoms with Crippen molar-refractivity contribution in [1.82, 2.24) is 9.97 Å². The maximum absolute atomic E-state index is 13.2. The summed E-state index contributed by atoms with van der Waals surface area (Å²) in [5.41, 5.74) is 2.10. The predicted octanol–water partition coefficient (Wildman–Crippen LogP) is 4.39. The van der Waals surface area contributed by atoms with Gasteiger partial charge >= 0.3 is 0 Å². The van der Waals surface area contributed by atoms with E-state index in [9.17, 15) is 9.65 Å². The Morgan fingerprint density at radius 2 is 1.88 bits per heavy atom. The first kappa shape index (κ1) is 17.8. The Morgan fingerprint density at radius 1 is 1.08 bits per heavy atom. The number of pyridine rings is 2. The first-order chi connectivity index (χ1) is 12.7. The quantitative estimate of drug-likeness (QED) is 0.649. The molecule has 1 aromatic carbocycles. The molecule has 130 valence electrons. The number of nitrogens with zero attached hydrogens (tertiary/aromatic N) is 4. The van der Waals surface area contributed by atoms with Crippen molar-refractivity contribution in [3.8, 4) is 6.07 Å². The van der Waals surface area contributed by atoms with Gasteiger partial charge in [-0.3, -0.25) is 4.98 Å². The smallest absolute Gasteiger partial charge is 0.161 e. The number of hydrogen-bond donors (Lipinski definition) is 0. The van der Waals surface area contributed by atoms with E-state index < -0.39 is 0 Å². The zero-order chi connectivity index (χ0) is 18.4. The van der Waals surface area contributed by atoms with E-state index in [-0.39, 0.29) is 11.5 Å². The molecular weight excluding hydrogens is 351 g/mol. The molecule has 6 heteroatoms. The molecule has 2 heterocycles. The van der Waals surface area contributed by atoms with Gasteiger partial charge in [0, 0.05) is 31.4 Å². The number of nitriles is 1. The Labute approximate surface area is 156 Å². The minimum atomic E-state index is -0.273. The fourth-order valence-corrected chi connectivity index (χ4v) is 2.71. The largest absolute Gasteiger partial charge is 0.352 e. The zero-order valence-electron chi connectivity index (χ0n) is 13.9. The van der Waals surface area contributed by atoms with Crippen LogP contribution in [-0.4, -0.2) is 16.5 Å². The van der Waals surface area contributed by atoms with E-state index in [0.29, 0.717) is 30.4 Å². The van der Waals surface area contributed by atoms with Crippen molar-refractivity contribution in [3.63, 3.8) is 0 Å². The van der Waals surface area contributed by atoms with Crippen molar-refractivity contribution < 1.29 is 4.39 Å². The minimum Gasteiger partial charge on any atom is -0.352 e. The molecule has 3 rings (SSSR count). The van der Waals surface area contributed by atoms with Crippen LogP contribution in [0.5, 0.6) is 0 Å². The first-order valence-electron chi connectivity index (χ1n) is 8.11. The molecule has 0 aliphatic rings. The molecule has 0 amide bonds. The van der Waals surface area contributed by atoms with Crippen molar-refractivity contribution in [2.24, 2.45) is 0 Å². The van der Waals surface area contributed by atoms with Crippen molar-refractivity contribution in [1.29, 1.82) is 5.26 Å². The molecule has 0 atom stereocenters. The highest BCUT2D eigenvalue weighted by Gasteiger charge is 2.12. The third kappa shape index (κ3) is 4.56. The highest BCUT2D eigenvalue weighted by molar-refractivity contribution is 6.31. The van der Waals surface area contributed by atoms with Crippen LogP contribution in [-0.2, 0) is 13.0 Å². The van der Waals surface area contributed by atoms with Crippen molar-refractivity contribution in [3.05, 3.63) is 88.6 Å². The molecule has 0 bridgehead atoms. The van der Waals surface area contributed by atoms with Gasteiger partial charge in [-0.2, -0.15) is 5.26 Å². The molecule has 0 saturated carbocycles. The van der Waals surface area contributed by atoms with Gasteiger partial charge in [0.25, 0.3) is 0 Å². The lowest BCUT2D eigenvalue weighted by Crippen LogP contribution is -2.26. The number of hydrogen-bond acceptors (Lipinski definition) is 4. The van der Waals surface area contributed by atoms with Gasteiger partial charge < -0.3 is 4.90 Å². The van der Waals surface area contributed by atoms with E-state index in [1.165, 1.54) is 12.1 Å².